The van der Waals surface area contributed by atoms with Crippen molar-refractivity contribution in [2.24, 2.45) is 0 Å². The van der Waals surface area contributed by atoms with Gasteiger partial charge in [0, 0.05) is 6.54 Å². The van der Waals surface area contributed by atoms with E-state index in [-0.39, 0.29) is 11.4 Å². The van der Waals surface area contributed by atoms with Gasteiger partial charge in [0.05, 0.1) is 16.5 Å². The van der Waals surface area contributed by atoms with Gasteiger partial charge in [-0.2, -0.15) is 0 Å². The number of benzene rings is 1. The van der Waals surface area contributed by atoms with Gasteiger partial charge in [0.2, 0.25) is 5.78 Å². The van der Waals surface area contributed by atoms with E-state index < -0.39 is 17.7 Å². The molecule has 1 aliphatic heterocycles. The Morgan fingerprint density at radius 3 is 2.52 bits per heavy atom. The summed E-state index contributed by atoms with van der Waals surface area (Å²) in [5.41, 5.74) is 2.11. The van der Waals surface area contributed by atoms with Crippen LogP contribution in [0.3, 0.4) is 0 Å². The fraction of sp³-hybridized carbons (Fsp3) is 0.333. The maximum Gasteiger partial charge on any atom is 0.290 e. The Morgan fingerprint density at radius 2 is 1.93 bits per heavy atom. The van der Waals surface area contributed by atoms with Gasteiger partial charge in [0.25, 0.3) is 5.91 Å². The van der Waals surface area contributed by atoms with Crippen LogP contribution in [0.1, 0.15) is 33.3 Å². The minimum Gasteiger partial charge on any atom is -0.503 e. The number of aliphatic hydroxyl groups excluding tert-OH is 1. The highest BCUT2D eigenvalue weighted by atomic mass is 32.1. The molecule has 1 N–H and O–H groups in total. The Balaban J connectivity index is 1.99. The lowest BCUT2D eigenvalue weighted by Gasteiger charge is -2.27. The number of ketones is 1. The van der Waals surface area contributed by atoms with E-state index in [1.165, 1.54) is 11.3 Å². The summed E-state index contributed by atoms with van der Waals surface area (Å²) in [4.78, 5) is 30.0. The maximum atomic E-state index is 13.0. The molecule has 1 aromatic carbocycles. The van der Waals surface area contributed by atoms with Crippen molar-refractivity contribution >= 4 is 23.0 Å². The number of rotatable bonds is 7. The quantitative estimate of drug-likeness (QED) is 0.741. The molecule has 27 heavy (non-hydrogen) atoms. The molecule has 0 saturated heterocycles. The van der Waals surface area contributed by atoms with Crippen LogP contribution < -0.4 is 0 Å². The summed E-state index contributed by atoms with van der Waals surface area (Å²) in [6.45, 7) is 3.28. The van der Waals surface area contributed by atoms with Crippen molar-refractivity contribution in [1.82, 2.24) is 9.80 Å². The second-order valence-electron chi connectivity index (χ2n) is 7.04. The van der Waals surface area contributed by atoms with Crippen molar-refractivity contribution in [2.75, 3.05) is 27.2 Å². The summed E-state index contributed by atoms with van der Waals surface area (Å²) >= 11 is 1.31. The molecule has 5 nitrogen and oxygen atoms in total. The lowest BCUT2D eigenvalue weighted by molar-refractivity contribution is -0.129. The standard InChI is InChI=1S/C21H24N2O3S/c1-14-7-9-15(10-8-14)18-17(19(24)16-6-4-13-27-16)20(25)21(26)23(18)12-5-11-22(2)3/h4,6-10,13,18,25H,5,11-12H2,1-3H3/t18-/m0/s1. The third kappa shape index (κ3) is 3.96. The Morgan fingerprint density at radius 1 is 1.22 bits per heavy atom. The van der Waals surface area contributed by atoms with E-state index in [1.807, 2.05) is 55.6 Å². The van der Waals surface area contributed by atoms with Gasteiger partial charge in [-0.25, -0.2) is 0 Å². The first-order valence-corrected chi connectivity index (χ1v) is 9.81. The van der Waals surface area contributed by atoms with Crippen LogP contribution in [0.2, 0.25) is 0 Å². The lowest BCUT2D eigenvalue weighted by Crippen LogP contribution is -2.33. The molecule has 0 bridgehead atoms. The number of hydrogen-bond donors (Lipinski definition) is 1. The van der Waals surface area contributed by atoms with Crippen molar-refractivity contribution in [3.8, 4) is 0 Å². The summed E-state index contributed by atoms with van der Waals surface area (Å²) < 4.78 is 0. The zero-order chi connectivity index (χ0) is 19.6. The van der Waals surface area contributed by atoms with E-state index in [1.54, 1.807) is 17.0 Å². The molecule has 0 spiro atoms. The molecule has 1 aromatic heterocycles. The minimum absolute atomic E-state index is 0.177. The predicted octanol–water partition coefficient (Wildman–Crippen LogP) is 3.59. The highest BCUT2D eigenvalue weighted by Crippen LogP contribution is 2.39. The second-order valence-corrected chi connectivity index (χ2v) is 7.98. The van der Waals surface area contributed by atoms with Crippen LogP contribution in [0.4, 0.5) is 0 Å². The molecule has 0 saturated carbocycles. The van der Waals surface area contributed by atoms with Gasteiger partial charge in [0.1, 0.15) is 0 Å². The molecule has 3 rings (SSSR count). The smallest absolute Gasteiger partial charge is 0.290 e. The molecule has 1 amide bonds. The van der Waals surface area contributed by atoms with Gasteiger partial charge in [0.15, 0.2) is 5.76 Å². The van der Waals surface area contributed by atoms with Crippen LogP contribution >= 0.6 is 11.3 Å². The molecule has 0 unspecified atom stereocenters. The van der Waals surface area contributed by atoms with Crippen LogP contribution in [0.25, 0.3) is 0 Å². The summed E-state index contributed by atoms with van der Waals surface area (Å²) in [6.07, 6.45) is 0.759. The number of thiophene rings is 1. The molecule has 142 valence electrons. The zero-order valence-corrected chi connectivity index (χ0v) is 16.6. The highest BCUT2D eigenvalue weighted by molar-refractivity contribution is 7.12. The van der Waals surface area contributed by atoms with Gasteiger partial charge in [-0.05, 0) is 51.0 Å². The number of carbonyl (C=O) groups excluding carboxylic acids is 2. The first kappa shape index (κ1) is 19.3. The topological polar surface area (TPSA) is 60.9 Å². The number of aryl methyl sites for hydroxylation is 1. The highest BCUT2D eigenvalue weighted by Gasteiger charge is 2.43. The van der Waals surface area contributed by atoms with Gasteiger partial charge in [-0.1, -0.05) is 35.9 Å². The number of amides is 1. The van der Waals surface area contributed by atoms with Gasteiger partial charge >= 0.3 is 0 Å². The summed E-state index contributed by atoms with van der Waals surface area (Å²) in [5.74, 6) is -1.18. The molecule has 2 aromatic rings. The summed E-state index contributed by atoms with van der Waals surface area (Å²) in [6, 6.07) is 10.7. The van der Waals surface area contributed by atoms with E-state index in [0.717, 1.165) is 24.1 Å². The van der Waals surface area contributed by atoms with Crippen molar-refractivity contribution in [3.05, 3.63) is 69.1 Å². The van der Waals surface area contributed by atoms with E-state index in [4.69, 9.17) is 0 Å². The normalized spacial score (nSPS) is 17.3. The Labute approximate surface area is 163 Å². The minimum atomic E-state index is -0.560. The van der Waals surface area contributed by atoms with Crippen LogP contribution in [0.5, 0.6) is 0 Å². The molecule has 0 fully saturated rings. The molecule has 6 heteroatoms. The van der Waals surface area contributed by atoms with E-state index in [0.29, 0.717) is 11.4 Å². The third-order valence-corrected chi connectivity index (χ3v) is 5.56. The Hall–Kier alpha value is -2.44. The Bertz CT molecular complexity index is 854. The first-order chi connectivity index (χ1) is 12.9. The zero-order valence-electron chi connectivity index (χ0n) is 15.8. The number of Topliss-reactive ketones (excluding diaryl/α,β-unsaturated/α-hetero) is 1. The van der Waals surface area contributed by atoms with Crippen LogP contribution in [0, 0.1) is 6.92 Å². The fourth-order valence-corrected chi connectivity index (χ4v) is 3.99. The van der Waals surface area contributed by atoms with E-state index in [9.17, 15) is 14.7 Å². The van der Waals surface area contributed by atoms with Crippen molar-refractivity contribution in [3.63, 3.8) is 0 Å². The molecule has 1 atom stereocenters. The lowest BCUT2D eigenvalue weighted by atomic mass is 9.95. The van der Waals surface area contributed by atoms with E-state index in [2.05, 4.69) is 0 Å². The Kier molecular flexibility index (Phi) is 5.77. The van der Waals surface area contributed by atoms with Gasteiger partial charge < -0.3 is 14.9 Å². The SMILES string of the molecule is Cc1ccc([C@H]2C(C(=O)c3cccs3)=C(O)C(=O)N2CCCN(C)C)cc1. The first-order valence-electron chi connectivity index (χ1n) is 8.93. The largest absolute Gasteiger partial charge is 0.503 e. The number of carbonyl (C=O) groups is 2. The molecule has 0 radical (unpaired) electrons. The summed E-state index contributed by atoms with van der Waals surface area (Å²) in [5, 5.41) is 12.4. The fourth-order valence-electron chi connectivity index (χ4n) is 3.31. The average Bonchev–Trinajstić information content (AvgIpc) is 3.25. The van der Waals surface area contributed by atoms with Crippen LogP contribution in [0.15, 0.2) is 53.1 Å². The van der Waals surface area contributed by atoms with Gasteiger partial charge in [-0.15, -0.1) is 11.3 Å². The second kappa shape index (κ2) is 8.06. The van der Waals surface area contributed by atoms with Crippen LogP contribution in [-0.4, -0.2) is 53.8 Å². The van der Waals surface area contributed by atoms with Crippen LogP contribution in [-0.2, 0) is 4.79 Å². The van der Waals surface area contributed by atoms with Crippen molar-refractivity contribution in [2.45, 2.75) is 19.4 Å². The number of hydrogen-bond acceptors (Lipinski definition) is 5. The van der Waals surface area contributed by atoms with Crippen molar-refractivity contribution < 1.29 is 14.7 Å². The third-order valence-electron chi connectivity index (χ3n) is 4.69. The maximum absolute atomic E-state index is 13.0. The molecule has 0 aliphatic carbocycles. The summed E-state index contributed by atoms with van der Waals surface area (Å²) in [7, 11) is 3.95. The van der Waals surface area contributed by atoms with E-state index >= 15 is 0 Å². The predicted molar refractivity (Wildman–Crippen MR) is 107 cm³/mol. The van der Waals surface area contributed by atoms with Crippen molar-refractivity contribution in [1.29, 1.82) is 0 Å². The monoisotopic (exact) mass is 384 g/mol. The number of nitrogens with zero attached hydrogens (tertiary/aromatic N) is 2. The average molecular weight is 385 g/mol. The molecular formula is C21H24N2O3S. The van der Waals surface area contributed by atoms with Gasteiger partial charge in [-0.3, -0.25) is 9.59 Å². The molecular weight excluding hydrogens is 360 g/mol. The number of aliphatic hydroxyl groups is 1. The molecule has 2 heterocycles. The molecule has 1 aliphatic rings.